The largest absolute Gasteiger partial charge is 0.497 e. The van der Waals surface area contributed by atoms with Gasteiger partial charge in [0.1, 0.15) is 23.1 Å². The number of anilines is 2. The lowest BCUT2D eigenvalue weighted by Gasteiger charge is -2.11. The Hall–Kier alpha value is -3.99. The van der Waals surface area contributed by atoms with Gasteiger partial charge in [0.05, 0.1) is 19.9 Å². The van der Waals surface area contributed by atoms with E-state index < -0.39 is 11.8 Å². The van der Waals surface area contributed by atoms with Crippen molar-refractivity contribution in [2.24, 2.45) is 5.73 Å². The normalized spacial score (nSPS) is 10.5. The summed E-state index contributed by atoms with van der Waals surface area (Å²) in [5.74, 6) is -0.204. The molecule has 8 heteroatoms. The number of methoxy groups -OCH3 is 2. The number of carbonyl (C=O) groups is 2. The SMILES string of the molecule is COc1ccc(OC)c(NC(=O)/C(C#N)=C\Nc2ccc(C(N)=O)cc2)c1. The average molecular weight is 366 g/mol. The molecule has 2 amide bonds. The van der Waals surface area contributed by atoms with Crippen LogP contribution < -0.4 is 25.8 Å². The molecule has 27 heavy (non-hydrogen) atoms. The Kier molecular flexibility index (Phi) is 6.39. The number of nitrogens with two attached hydrogens (primary N) is 1. The second-order valence-electron chi connectivity index (χ2n) is 5.28. The van der Waals surface area contributed by atoms with Crippen LogP contribution in [0.4, 0.5) is 11.4 Å². The minimum Gasteiger partial charge on any atom is -0.497 e. The minimum atomic E-state index is -0.620. The van der Waals surface area contributed by atoms with Crippen molar-refractivity contribution in [2.45, 2.75) is 0 Å². The van der Waals surface area contributed by atoms with E-state index in [0.29, 0.717) is 28.4 Å². The molecule has 0 unspecified atom stereocenters. The summed E-state index contributed by atoms with van der Waals surface area (Å²) in [5.41, 5.74) is 6.33. The maximum Gasteiger partial charge on any atom is 0.267 e. The molecule has 2 aromatic rings. The number of carbonyl (C=O) groups excluding carboxylic acids is 2. The van der Waals surface area contributed by atoms with Gasteiger partial charge in [0, 0.05) is 23.5 Å². The highest BCUT2D eigenvalue weighted by Crippen LogP contribution is 2.29. The second-order valence-corrected chi connectivity index (χ2v) is 5.28. The average Bonchev–Trinajstić information content (AvgIpc) is 2.68. The number of nitrogens with zero attached hydrogens (tertiary/aromatic N) is 1. The highest BCUT2D eigenvalue weighted by molar-refractivity contribution is 6.07. The molecule has 0 spiro atoms. The minimum absolute atomic E-state index is 0.154. The fourth-order valence-corrected chi connectivity index (χ4v) is 2.14. The molecule has 0 aromatic heterocycles. The van der Waals surface area contributed by atoms with E-state index in [1.807, 2.05) is 6.07 Å². The van der Waals surface area contributed by atoms with Crippen LogP contribution in [0.5, 0.6) is 11.5 Å². The van der Waals surface area contributed by atoms with Gasteiger partial charge in [-0.3, -0.25) is 9.59 Å². The van der Waals surface area contributed by atoms with E-state index in [9.17, 15) is 14.9 Å². The highest BCUT2D eigenvalue weighted by Gasteiger charge is 2.13. The third kappa shape index (κ3) is 4.99. The Morgan fingerprint density at radius 2 is 1.81 bits per heavy atom. The van der Waals surface area contributed by atoms with Gasteiger partial charge in [-0.1, -0.05) is 0 Å². The maximum absolute atomic E-state index is 12.4. The first kappa shape index (κ1) is 19.3. The van der Waals surface area contributed by atoms with Crippen LogP contribution >= 0.6 is 0 Å². The van der Waals surface area contributed by atoms with Crippen molar-refractivity contribution >= 4 is 23.2 Å². The van der Waals surface area contributed by atoms with Gasteiger partial charge >= 0.3 is 0 Å². The predicted octanol–water partition coefficient (Wildman–Crippen LogP) is 2.26. The zero-order valence-corrected chi connectivity index (χ0v) is 14.8. The van der Waals surface area contributed by atoms with Gasteiger partial charge in [-0.05, 0) is 36.4 Å². The molecule has 0 radical (unpaired) electrons. The standard InChI is InChI=1S/C19H18N4O4/c1-26-15-7-8-17(27-2)16(9-15)23-19(25)13(10-20)11-22-14-5-3-12(4-6-14)18(21)24/h3-9,11,22H,1-2H3,(H2,21,24)(H,23,25)/b13-11-. The number of hydrogen-bond acceptors (Lipinski definition) is 6. The molecule has 0 aliphatic carbocycles. The van der Waals surface area contributed by atoms with Crippen LogP contribution in [0, 0.1) is 11.3 Å². The molecule has 138 valence electrons. The van der Waals surface area contributed by atoms with E-state index in [0.717, 1.165) is 0 Å². The number of primary amides is 1. The van der Waals surface area contributed by atoms with Gasteiger partial charge in [0.25, 0.3) is 5.91 Å². The van der Waals surface area contributed by atoms with E-state index in [-0.39, 0.29) is 5.57 Å². The molecule has 0 aliphatic rings. The number of nitrogens with one attached hydrogen (secondary N) is 2. The summed E-state index contributed by atoms with van der Waals surface area (Å²) in [6.07, 6.45) is 1.27. The zero-order valence-electron chi connectivity index (χ0n) is 14.8. The molecule has 2 rings (SSSR count). The highest BCUT2D eigenvalue weighted by atomic mass is 16.5. The van der Waals surface area contributed by atoms with Crippen molar-refractivity contribution < 1.29 is 19.1 Å². The monoisotopic (exact) mass is 366 g/mol. The maximum atomic E-state index is 12.4. The third-order valence-corrected chi connectivity index (χ3v) is 3.57. The third-order valence-electron chi connectivity index (χ3n) is 3.57. The van der Waals surface area contributed by atoms with E-state index in [4.69, 9.17) is 15.2 Å². The van der Waals surface area contributed by atoms with Gasteiger partial charge in [0.2, 0.25) is 5.91 Å². The fraction of sp³-hybridized carbons (Fsp3) is 0.105. The molecule has 0 aliphatic heterocycles. The number of ether oxygens (including phenoxy) is 2. The molecular weight excluding hydrogens is 348 g/mol. The van der Waals surface area contributed by atoms with Crippen LogP contribution in [-0.2, 0) is 4.79 Å². The lowest BCUT2D eigenvalue weighted by Crippen LogP contribution is -2.15. The van der Waals surface area contributed by atoms with Crippen molar-refractivity contribution in [3.8, 4) is 17.6 Å². The van der Waals surface area contributed by atoms with Crippen molar-refractivity contribution in [3.63, 3.8) is 0 Å². The predicted molar refractivity (Wildman–Crippen MR) is 100 cm³/mol. The Labute approximate surface area is 156 Å². The molecule has 0 bridgehead atoms. The van der Waals surface area contributed by atoms with Gasteiger partial charge < -0.3 is 25.8 Å². The fourth-order valence-electron chi connectivity index (χ4n) is 2.14. The molecule has 0 atom stereocenters. The van der Waals surface area contributed by atoms with Gasteiger partial charge in [-0.25, -0.2) is 0 Å². The molecule has 0 saturated heterocycles. The van der Waals surface area contributed by atoms with Crippen molar-refractivity contribution in [3.05, 3.63) is 59.8 Å². The van der Waals surface area contributed by atoms with Crippen molar-refractivity contribution in [1.29, 1.82) is 5.26 Å². The summed E-state index contributed by atoms with van der Waals surface area (Å²) in [6, 6.07) is 13.0. The summed E-state index contributed by atoms with van der Waals surface area (Å²) in [4.78, 5) is 23.4. The smallest absolute Gasteiger partial charge is 0.267 e. The van der Waals surface area contributed by atoms with Crippen LogP contribution in [0.15, 0.2) is 54.2 Å². The zero-order chi connectivity index (χ0) is 19.8. The number of nitriles is 1. The van der Waals surface area contributed by atoms with Crippen molar-refractivity contribution in [1.82, 2.24) is 0 Å². The molecule has 2 aromatic carbocycles. The molecule has 4 N–H and O–H groups in total. The Morgan fingerprint density at radius 1 is 1.11 bits per heavy atom. The Balaban J connectivity index is 2.15. The molecular formula is C19H18N4O4. The van der Waals surface area contributed by atoms with Gasteiger partial charge in [-0.15, -0.1) is 0 Å². The lowest BCUT2D eigenvalue weighted by molar-refractivity contribution is -0.112. The molecule has 0 fully saturated rings. The number of benzene rings is 2. The first-order valence-corrected chi connectivity index (χ1v) is 7.78. The van der Waals surface area contributed by atoms with Crippen LogP contribution in [0.1, 0.15) is 10.4 Å². The van der Waals surface area contributed by atoms with E-state index in [2.05, 4.69) is 10.6 Å². The summed E-state index contributed by atoms with van der Waals surface area (Å²) >= 11 is 0. The summed E-state index contributed by atoms with van der Waals surface area (Å²) in [7, 11) is 2.97. The van der Waals surface area contributed by atoms with E-state index >= 15 is 0 Å². The van der Waals surface area contributed by atoms with Crippen LogP contribution in [0.2, 0.25) is 0 Å². The first-order chi connectivity index (χ1) is 13.0. The quantitative estimate of drug-likeness (QED) is 0.510. The second kappa shape index (κ2) is 8.92. The van der Waals surface area contributed by atoms with Gasteiger partial charge in [-0.2, -0.15) is 5.26 Å². The molecule has 0 saturated carbocycles. The summed E-state index contributed by atoms with van der Waals surface area (Å²) < 4.78 is 10.3. The number of rotatable bonds is 7. The molecule has 0 heterocycles. The van der Waals surface area contributed by atoms with Crippen molar-refractivity contribution in [2.75, 3.05) is 24.9 Å². The number of amides is 2. The summed E-state index contributed by atoms with van der Waals surface area (Å²) in [6.45, 7) is 0. The first-order valence-electron chi connectivity index (χ1n) is 7.78. The van der Waals surface area contributed by atoms with Crippen LogP contribution in [0.25, 0.3) is 0 Å². The number of hydrogen-bond donors (Lipinski definition) is 3. The Bertz CT molecular complexity index is 914. The molecule has 8 nitrogen and oxygen atoms in total. The van der Waals surface area contributed by atoms with Gasteiger partial charge in [0.15, 0.2) is 0 Å². The topological polar surface area (TPSA) is 126 Å². The van der Waals surface area contributed by atoms with Crippen LogP contribution in [-0.4, -0.2) is 26.0 Å². The Morgan fingerprint density at radius 3 is 2.37 bits per heavy atom. The summed E-state index contributed by atoms with van der Waals surface area (Å²) in [5, 5.41) is 14.7. The van der Waals surface area contributed by atoms with Crippen LogP contribution in [0.3, 0.4) is 0 Å². The van der Waals surface area contributed by atoms with E-state index in [1.165, 1.54) is 32.6 Å². The lowest BCUT2D eigenvalue weighted by atomic mass is 10.2. The van der Waals surface area contributed by atoms with E-state index in [1.54, 1.807) is 30.3 Å².